The van der Waals surface area contributed by atoms with Gasteiger partial charge in [0.2, 0.25) is 0 Å². The van der Waals surface area contributed by atoms with Gasteiger partial charge in [-0.05, 0) is 30.4 Å². The highest BCUT2D eigenvalue weighted by atomic mass is 16.3. The van der Waals surface area contributed by atoms with E-state index in [2.05, 4.69) is 0 Å². The van der Waals surface area contributed by atoms with Crippen LogP contribution in [-0.4, -0.2) is 11.4 Å². The van der Waals surface area contributed by atoms with E-state index in [1.165, 1.54) is 0 Å². The van der Waals surface area contributed by atoms with Crippen molar-refractivity contribution in [1.82, 2.24) is 0 Å². The molecular weight excluding hydrogens is 152 g/mol. The van der Waals surface area contributed by atoms with Gasteiger partial charge in [0.1, 0.15) is 5.75 Å². The van der Waals surface area contributed by atoms with Crippen molar-refractivity contribution in [2.24, 2.45) is 0 Å². The van der Waals surface area contributed by atoms with E-state index < -0.39 is 0 Å². The SMILES string of the molecule is O=Cc1cccc(C2CC2)c1O. The maximum Gasteiger partial charge on any atom is 0.153 e. The first-order valence-corrected chi connectivity index (χ1v) is 4.10. The minimum Gasteiger partial charge on any atom is -0.507 e. The second-order valence-electron chi connectivity index (χ2n) is 3.18. The quantitative estimate of drug-likeness (QED) is 0.676. The fourth-order valence-corrected chi connectivity index (χ4v) is 1.40. The first-order valence-electron chi connectivity index (χ1n) is 4.10. The van der Waals surface area contributed by atoms with Crippen molar-refractivity contribution in [3.8, 4) is 5.75 Å². The number of phenolic OH excluding ortho intramolecular Hbond substituents is 1. The Hall–Kier alpha value is -1.31. The van der Waals surface area contributed by atoms with E-state index in [0.717, 1.165) is 18.4 Å². The smallest absolute Gasteiger partial charge is 0.153 e. The number of aldehydes is 1. The van der Waals surface area contributed by atoms with E-state index in [-0.39, 0.29) is 5.75 Å². The molecule has 1 saturated carbocycles. The Labute approximate surface area is 70.8 Å². The monoisotopic (exact) mass is 162 g/mol. The largest absolute Gasteiger partial charge is 0.507 e. The third kappa shape index (κ3) is 1.09. The predicted molar refractivity (Wildman–Crippen MR) is 45.5 cm³/mol. The molecule has 0 radical (unpaired) electrons. The average Bonchev–Trinajstić information content (AvgIpc) is 2.88. The lowest BCUT2D eigenvalue weighted by molar-refractivity contribution is 0.112. The summed E-state index contributed by atoms with van der Waals surface area (Å²) in [5.41, 5.74) is 1.33. The Morgan fingerprint density at radius 2 is 2.17 bits per heavy atom. The Balaban J connectivity index is 2.47. The topological polar surface area (TPSA) is 37.3 Å². The Morgan fingerprint density at radius 3 is 2.75 bits per heavy atom. The summed E-state index contributed by atoms with van der Waals surface area (Å²) in [6, 6.07) is 5.34. The minimum atomic E-state index is 0.176. The van der Waals surface area contributed by atoms with Crippen molar-refractivity contribution in [3.63, 3.8) is 0 Å². The summed E-state index contributed by atoms with van der Waals surface area (Å²) in [7, 11) is 0. The molecular formula is C10H10O2. The number of carbonyl (C=O) groups excluding carboxylic acids is 1. The van der Waals surface area contributed by atoms with Gasteiger partial charge in [-0.2, -0.15) is 0 Å². The molecule has 0 aliphatic heterocycles. The predicted octanol–water partition coefficient (Wildman–Crippen LogP) is 2.08. The molecule has 0 aromatic heterocycles. The van der Waals surface area contributed by atoms with Crippen LogP contribution in [0.25, 0.3) is 0 Å². The first-order chi connectivity index (χ1) is 5.83. The summed E-state index contributed by atoms with van der Waals surface area (Å²) in [5.74, 6) is 0.667. The summed E-state index contributed by atoms with van der Waals surface area (Å²) in [5, 5.41) is 9.57. The second-order valence-corrected chi connectivity index (χ2v) is 3.18. The molecule has 2 heteroatoms. The Morgan fingerprint density at radius 1 is 1.42 bits per heavy atom. The number of aromatic hydroxyl groups is 1. The lowest BCUT2D eigenvalue weighted by Gasteiger charge is -2.03. The molecule has 62 valence electrons. The van der Waals surface area contributed by atoms with Crippen LogP contribution in [0.5, 0.6) is 5.75 Å². The molecule has 2 rings (SSSR count). The van der Waals surface area contributed by atoms with Gasteiger partial charge in [-0.1, -0.05) is 12.1 Å². The Bertz CT molecular complexity index is 314. The highest BCUT2D eigenvalue weighted by Gasteiger charge is 2.26. The van der Waals surface area contributed by atoms with E-state index in [4.69, 9.17) is 0 Å². The molecule has 0 amide bonds. The number of rotatable bonds is 2. The number of hydrogen-bond donors (Lipinski definition) is 1. The van der Waals surface area contributed by atoms with E-state index in [1.54, 1.807) is 6.07 Å². The summed E-state index contributed by atoms with van der Waals surface area (Å²) in [6.07, 6.45) is 2.97. The molecule has 1 aromatic rings. The lowest BCUT2D eigenvalue weighted by atomic mass is 10.1. The van der Waals surface area contributed by atoms with E-state index >= 15 is 0 Å². The summed E-state index contributed by atoms with van der Waals surface area (Å²) in [6.45, 7) is 0. The van der Waals surface area contributed by atoms with E-state index in [1.807, 2.05) is 12.1 Å². The van der Waals surface area contributed by atoms with Gasteiger partial charge in [0.25, 0.3) is 0 Å². The third-order valence-electron chi connectivity index (χ3n) is 2.24. The molecule has 1 aliphatic carbocycles. The molecule has 1 fully saturated rings. The van der Waals surface area contributed by atoms with Crippen LogP contribution in [0, 0.1) is 0 Å². The van der Waals surface area contributed by atoms with Gasteiger partial charge >= 0.3 is 0 Å². The zero-order chi connectivity index (χ0) is 8.55. The van der Waals surface area contributed by atoms with Gasteiger partial charge in [0, 0.05) is 0 Å². The molecule has 2 nitrogen and oxygen atoms in total. The van der Waals surface area contributed by atoms with Crippen LogP contribution in [0.15, 0.2) is 18.2 Å². The zero-order valence-electron chi connectivity index (χ0n) is 6.66. The number of hydrogen-bond acceptors (Lipinski definition) is 2. The van der Waals surface area contributed by atoms with Gasteiger partial charge in [-0.25, -0.2) is 0 Å². The maximum absolute atomic E-state index is 10.5. The van der Waals surface area contributed by atoms with Crippen LogP contribution in [0.4, 0.5) is 0 Å². The van der Waals surface area contributed by atoms with Crippen LogP contribution >= 0.6 is 0 Å². The third-order valence-corrected chi connectivity index (χ3v) is 2.24. The standard InChI is InChI=1S/C10H10O2/c11-6-8-2-1-3-9(10(8)12)7-4-5-7/h1-3,6-7,12H,4-5H2. The van der Waals surface area contributed by atoms with Gasteiger partial charge in [0.15, 0.2) is 6.29 Å². The molecule has 1 aromatic carbocycles. The molecule has 0 saturated heterocycles. The van der Waals surface area contributed by atoms with Crippen LogP contribution in [-0.2, 0) is 0 Å². The fraction of sp³-hybridized carbons (Fsp3) is 0.300. The van der Waals surface area contributed by atoms with Crippen molar-refractivity contribution in [2.45, 2.75) is 18.8 Å². The normalized spacial score (nSPS) is 16.0. The highest BCUT2D eigenvalue weighted by molar-refractivity contribution is 5.80. The van der Waals surface area contributed by atoms with Crippen molar-refractivity contribution >= 4 is 6.29 Å². The lowest BCUT2D eigenvalue weighted by Crippen LogP contribution is -1.86. The van der Waals surface area contributed by atoms with Gasteiger partial charge < -0.3 is 5.11 Å². The Kier molecular flexibility index (Phi) is 1.61. The van der Waals surface area contributed by atoms with Crippen molar-refractivity contribution in [3.05, 3.63) is 29.3 Å². The van der Waals surface area contributed by atoms with E-state index in [0.29, 0.717) is 17.8 Å². The molecule has 0 heterocycles. The minimum absolute atomic E-state index is 0.176. The number of phenols is 1. The fourth-order valence-electron chi connectivity index (χ4n) is 1.40. The van der Waals surface area contributed by atoms with Gasteiger partial charge in [-0.3, -0.25) is 4.79 Å². The number of benzene rings is 1. The first kappa shape index (κ1) is 7.35. The maximum atomic E-state index is 10.5. The molecule has 0 bridgehead atoms. The number of carbonyl (C=O) groups is 1. The van der Waals surface area contributed by atoms with Crippen LogP contribution < -0.4 is 0 Å². The molecule has 1 aliphatic rings. The summed E-state index contributed by atoms with van der Waals surface area (Å²) in [4.78, 5) is 10.5. The average molecular weight is 162 g/mol. The second kappa shape index (κ2) is 2.63. The van der Waals surface area contributed by atoms with Crippen molar-refractivity contribution in [2.75, 3.05) is 0 Å². The van der Waals surface area contributed by atoms with Crippen molar-refractivity contribution < 1.29 is 9.90 Å². The number of para-hydroxylation sites is 1. The molecule has 0 unspecified atom stereocenters. The van der Waals surface area contributed by atoms with Crippen LogP contribution in [0.1, 0.15) is 34.7 Å². The van der Waals surface area contributed by atoms with Crippen LogP contribution in [0.2, 0.25) is 0 Å². The highest BCUT2D eigenvalue weighted by Crippen LogP contribution is 2.44. The van der Waals surface area contributed by atoms with Crippen LogP contribution in [0.3, 0.4) is 0 Å². The molecule has 1 N–H and O–H groups in total. The van der Waals surface area contributed by atoms with E-state index in [9.17, 15) is 9.90 Å². The molecule has 12 heavy (non-hydrogen) atoms. The zero-order valence-corrected chi connectivity index (χ0v) is 6.66. The van der Waals surface area contributed by atoms with Crippen molar-refractivity contribution in [1.29, 1.82) is 0 Å². The van der Waals surface area contributed by atoms with Gasteiger partial charge in [-0.15, -0.1) is 0 Å². The molecule has 0 spiro atoms. The summed E-state index contributed by atoms with van der Waals surface area (Å²) < 4.78 is 0. The van der Waals surface area contributed by atoms with Gasteiger partial charge in [0.05, 0.1) is 5.56 Å². The summed E-state index contributed by atoms with van der Waals surface area (Å²) >= 11 is 0. The molecule has 0 atom stereocenters.